The third kappa shape index (κ3) is 6.86. The van der Waals surface area contributed by atoms with Crippen LogP contribution in [0.2, 0.25) is 5.02 Å². The standard InChI is InChI=1S/C19H22BrClN2O4S/c1-27-12-2-11-22-19(24)14-23(13-15-3-7-17(21)8-4-15)28(25,26)18-9-5-16(20)6-10-18/h3-10H,2,11-14H2,1H3,(H,22,24). The normalized spacial score (nSPS) is 11.6. The van der Waals surface area contributed by atoms with Gasteiger partial charge in [-0.1, -0.05) is 39.7 Å². The fourth-order valence-electron chi connectivity index (χ4n) is 2.44. The molecule has 0 aliphatic rings. The van der Waals surface area contributed by atoms with Gasteiger partial charge in [-0.05, 0) is 48.4 Å². The number of hydrogen-bond acceptors (Lipinski definition) is 4. The van der Waals surface area contributed by atoms with Gasteiger partial charge < -0.3 is 10.1 Å². The van der Waals surface area contributed by atoms with E-state index in [4.69, 9.17) is 16.3 Å². The summed E-state index contributed by atoms with van der Waals surface area (Å²) in [6.07, 6.45) is 0.652. The first-order chi connectivity index (χ1) is 13.3. The summed E-state index contributed by atoms with van der Waals surface area (Å²) < 4.78 is 33.1. The Balaban J connectivity index is 2.20. The van der Waals surface area contributed by atoms with E-state index in [2.05, 4.69) is 21.2 Å². The second-order valence-corrected chi connectivity index (χ2v) is 9.34. The van der Waals surface area contributed by atoms with Crippen molar-refractivity contribution in [1.82, 2.24) is 9.62 Å². The van der Waals surface area contributed by atoms with Gasteiger partial charge in [-0.3, -0.25) is 4.79 Å². The maximum absolute atomic E-state index is 13.1. The number of amides is 1. The summed E-state index contributed by atoms with van der Waals surface area (Å²) in [5.41, 5.74) is 0.734. The molecule has 1 N–H and O–H groups in total. The molecule has 0 saturated carbocycles. The highest BCUT2D eigenvalue weighted by molar-refractivity contribution is 9.10. The van der Waals surface area contributed by atoms with Gasteiger partial charge in [0.15, 0.2) is 0 Å². The molecular formula is C19H22BrClN2O4S. The first-order valence-corrected chi connectivity index (χ1v) is 11.2. The van der Waals surface area contributed by atoms with Crippen LogP contribution in [0.3, 0.4) is 0 Å². The molecular weight excluding hydrogens is 468 g/mol. The minimum absolute atomic E-state index is 0.0566. The van der Waals surface area contributed by atoms with Gasteiger partial charge in [-0.25, -0.2) is 8.42 Å². The molecule has 6 nitrogen and oxygen atoms in total. The minimum atomic E-state index is -3.86. The van der Waals surface area contributed by atoms with Crippen molar-refractivity contribution in [1.29, 1.82) is 0 Å². The molecule has 0 aliphatic carbocycles. The molecule has 1 amide bonds. The summed E-state index contributed by atoms with van der Waals surface area (Å²) in [6, 6.07) is 13.2. The third-order valence-electron chi connectivity index (χ3n) is 3.89. The molecule has 152 valence electrons. The number of nitrogens with zero attached hydrogens (tertiary/aromatic N) is 1. The van der Waals surface area contributed by atoms with Gasteiger partial charge in [0.05, 0.1) is 11.4 Å². The lowest BCUT2D eigenvalue weighted by Gasteiger charge is -2.22. The van der Waals surface area contributed by atoms with E-state index in [0.29, 0.717) is 24.6 Å². The summed E-state index contributed by atoms with van der Waals surface area (Å²) >= 11 is 9.20. The van der Waals surface area contributed by atoms with E-state index in [1.807, 2.05) is 0 Å². The van der Waals surface area contributed by atoms with E-state index in [1.54, 1.807) is 43.5 Å². The number of halogens is 2. The smallest absolute Gasteiger partial charge is 0.243 e. The molecule has 0 bridgehead atoms. The molecule has 0 aliphatic heterocycles. The lowest BCUT2D eigenvalue weighted by molar-refractivity contribution is -0.121. The van der Waals surface area contributed by atoms with Gasteiger partial charge in [-0.15, -0.1) is 0 Å². The van der Waals surface area contributed by atoms with Crippen molar-refractivity contribution < 1.29 is 17.9 Å². The highest BCUT2D eigenvalue weighted by Gasteiger charge is 2.26. The van der Waals surface area contributed by atoms with Gasteiger partial charge in [0, 0.05) is 36.3 Å². The monoisotopic (exact) mass is 488 g/mol. The molecule has 0 heterocycles. The SMILES string of the molecule is COCCCNC(=O)CN(Cc1ccc(Cl)cc1)S(=O)(=O)c1ccc(Br)cc1. The Morgan fingerprint density at radius 1 is 1.14 bits per heavy atom. The van der Waals surface area contributed by atoms with Crippen molar-refractivity contribution in [2.45, 2.75) is 17.9 Å². The van der Waals surface area contributed by atoms with Gasteiger partial charge in [0.2, 0.25) is 15.9 Å². The first kappa shape index (κ1) is 22.8. The molecule has 0 aromatic heterocycles. The Morgan fingerprint density at radius 2 is 1.79 bits per heavy atom. The summed E-state index contributed by atoms with van der Waals surface area (Å²) in [5, 5.41) is 3.28. The largest absolute Gasteiger partial charge is 0.385 e. The van der Waals surface area contributed by atoms with E-state index < -0.39 is 10.0 Å². The second kappa shape index (κ2) is 10.9. The van der Waals surface area contributed by atoms with Crippen molar-refractivity contribution in [3.05, 3.63) is 63.6 Å². The number of hydrogen-bond donors (Lipinski definition) is 1. The minimum Gasteiger partial charge on any atom is -0.385 e. The molecule has 28 heavy (non-hydrogen) atoms. The molecule has 2 aromatic rings. The number of sulfonamides is 1. The molecule has 0 fully saturated rings. The number of ether oxygens (including phenoxy) is 1. The molecule has 0 spiro atoms. The van der Waals surface area contributed by atoms with Gasteiger partial charge >= 0.3 is 0 Å². The summed E-state index contributed by atoms with van der Waals surface area (Å²) in [5.74, 6) is -0.370. The van der Waals surface area contributed by atoms with Crippen LogP contribution in [0.5, 0.6) is 0 Å². The molecule has 2 rings (SSSR count). The summed E-state index contributed by atoms with van der Waals surface area (Å²) in [6.45, 7) is 0.709. The molecule has 9 heteroatoms. The number of carbonyl (C=O) groups is 1. The van der Waals surface area contributed by atoms with Crippen molar-refractivity contribution in [3.63, 3.8) is 0 Å². The van der Waals surface area contributed by atoms with Crippen LogP contribution in [0.4, 0.5) is 0 Å². The Kier molecular flexibility index (Phi) is 8.91. The average molecular weight is 490 g/mol. The van der Waals surface area contributed by atoms with Crippen LogP contribution in [0.15, 0.2) is 57.9 Å². The van der Waals surface area contributed by atoms with Crippen LogP contribution in [-0.2, 0) is 26.1 Å². The zero-order chi connectivity index (χ0) is 20.6. The predicted molar refractivity (Wildman–Crippen MR) is 113 cm³/mol. The van der Waals surface area contributed by atoms with Crippen molar-refractivity contribution in [2.24, 2.45) is 0 Å². The van der Waals surface area contributed by atoms with Crippen LogP contribution in [0.25, 0.3) is 0 Å². The zero-order valence-corrected chi connectivity index (χ0v) is 18.6. The third-order valence-corrected chi connectivity index (χ3v) is 6.48. The summed E-state index contributed by atoms with van der Waals surface area (Å²) in [4.78, 5) is 12.4. The van der Waals surface area contributed by atoms with E-state index in [1.165, 1.54) is 12.1 Å². The van der Waals surface area contributed by atoms with Crippen LogP contribution >= 0.6 is 27.5 Å². The number of rotatable bonds is 10. The van der Waals surface area contributed by atoms with E-state index in [-0.39, 0.29) is 23.9 Å². The van der Waals surface area contributed by atoms with Crippen LogP contribution in [0.1, 0.15) is 12.0 Å². The number of methoxy groups -OCH3 is 1. The van der Waals surface area contributed by atoms with Crippen LogP contribution in [-0.4, -0.2) is 45.4 Å². The van der Waals surface area contributed by atoms with Crippen LogP contribution in [0, 0.1) is 0 Å². The number of nitrogens with one attached hydrogen (secondary N) is 1. The van der Waals surface area contributed by atoms with E-state index in [9.17, 15) is 13.2 Å². The number of benzene rings is 2. The highest BCUT2D eigenvalue weighted by Crippen LogP contribution is 2.21. The maximum atomic E-state index is 13.1. The van der Waals surface area contributed by atoms with Crippen molar-refractivity contribution in [2.75, 3.05) is 26.8 Å². The fourth-order valence-corrected chi connectivity index (χ4v) is 4.21. The van der Waals surface area contributed by atoms with Gasteiger partial charge in [0.25, 0.3) is 0 Å². The Labute approximate surface area is 179 Å². The Hall–Kier alpha value is -1.45. The number of carbonyl (C=O) groups excluding carboxylic acids is 1. The van der Waals surface area contributed by atoms with E-state index >= 15 is 0 Å². The first-order valence-electron chi connectivity index (χ1n) is 8.58. The Morgan fingerprint density at radius 3 is 2.39 bits per heavy atom. The topological polar surface area (TPSA) is 75.7 Å². The highest BCUT2D eigenvalue weighted by atomic mass is 79.9. The lowest BCUT2D eigenvalue weighted by atomic mass is 10.2. The average Bonchev–Trinajstić information content (AvgIpc) is 2.67. The second-order valence-electron chi connectivity index (χ2n) is 6.05. The molecule has 0 atom stereocenters. The molecule has 0 radical (unpaired) electrons. The zero-order valence-electron chi connectivity index (χ0n) is 15.4. The molecule has 0 unspecified atom stereocenters. The molecule has 2 aromatic carbocycles. The lowest BCUT2D eigenvalue weighted by Crippen LogP contribution is -2.40. The van der Waals surface area contributed by atoms with Crippen LogP contribution < -0.4 is 5.32 Å². The van der Waals surface area contributed by atoms with E-state index in [0.717, 1.165) is 14.3 Å². The molecule has 0 saturated heterocycles. The quantitative estimate of drug-likeness (QED) is 0.519. The van der Waals surface area contributed by atoms with Gasteiger partial charge in [-0.2, -0.15) is 4.31 Å². The van der Waals surface area contributed by atoms with Crippen molar-refractivity contribution in [3.8, 4) is 0 Å². The Bertz CT molecular complexity index is 874. The van der Waals surface area contributed by atoms with Crippen molar-refractivity contribution >= 4 is 43.5 Å². The fraction of sp³-hybridized carbons (Fsp3) is 0.316. The maximum Gasteiger partial charge on any atom is 0.243 e. The predicted octanol–water partition coefficient (Wildman–Crippen LogP) is 3.45. The summed E-state index contributed by atoms with van der Waals surface area (Å²) in [7, 11) is -2.28. The van der Waals surface area contributed by atoms with Gasteiger partial charge in [0.1, 0.15) is 0 Å².